The highest BCUT2D eigenvalue weighted by Gasteiger charge is 1.93. The van der Waals surface area contributed by atoms with Crippen LogP contribution in [0.3, 0.4) is 0 Å². The van der Waals surface area contributed by atoms with Crippen LogP contribution < -0.4 is 5.14 Å². The number of unbranched alkanes of at least 4 members (excludes halogenated alkanes) is 13. The van der Waals surface area contributed by atoms with E-state index in [-0.39, 0.29) is 12.4 Å². The van der Waals surface area contributed by atoms with E-state index in [1.807, 2.05) is 0 Å². The second-order valence-electron chi connectivity index (χ2n) is 5.47. The van der Waals surface area contributed by atoms with E-state index in [1.54, 1.807) is 0 Å². The first kappa shape index (κ1) is 21.9. The van der Waals surface area contributed by atoms with Gasteiger partial charge in [-0.05, 0) is 6.42 Å². The molecule has 0 aliphatic rings. The highest BCUT2D eigenvalue weighted by molar-refractivity contribution is 7.97. The summed E-state index contributed by atoms with van der Waals surface area (Å²) in [7, 11) is 0. The fourth-order valence-electron chi connectivity index (χ4n) is 2.38. The molecule has 0 amide bonds. The van der Waals surface area contributed by atoms with Gasteiger partial charge in [-0.2, -0.15) is 0 Å². The van der Waals surface area contributed by atoms with Crippen molar-refractivity contribution in [2.45, 2.75) is 96.8 Å². The molecule has 0 atom stereocenters. The second-order valence-corrected chi connectivity index (χ2v) is 6.21. The average molecular weight is 310 g/mol. The lowest BCUT2D eigenvalue weighted by molar-refractivity contribution is 0.538. The molecule has 0 aromatic heterocycles. The predicted molar refractivity (Wildman–Crippen MR) is 94.2 cm³/mol. The Labute approximate surface area is 132 Å². The normalized spacial score (nSPS) is 10.4. The third kappa shape index (κ3) is 21.1. The highest BCUT2D eigenvalue weighted by atomic mass is 35.5. The van der Waals surface area contributed by atoms with Crippen LogP contribution in [0, 0.1) is 0 Å². The lowest BCUT2D eigenvalue weighted by Gasteiger charge is -2.02. The third-order valence-corrected chi connectivity index (χ3v) is 4.14. The summed E-state index contributed by atoms with van der Waals surface area (Å²) in [4.78, 5) is 0. The molecule has 2 N–H and O–H groups in total. The van der Waals surface area contributed by atoms with Gasteiger partial charge < -0.3 is 0 Å². The van der Waals surface area contributed by atoms with Gasteiger partial charge in [0.2, 0.25) is 0 Å². The molecule has 118 valence electrons. The Balaban J connectivity index is 0. The van der Waals surface area contributed by atoms with Crippen LogP contribution in [0.5, 0.6) is 0 Å². The number of hydrogen-bond acceptors (Lipinski definition) is 2. The van der Waals surface area contributed by atoms with Crippen molar-refractivity contribution in [2.24, 2.45) is 5.14 Å². The summed E-state index contributed by atoms with van der Waals surface area (Å²) >= 11 is 1.49. The molecule has 0 radical (unpaired) electrons. The summed E-state index contributed by atoms with van der Waals surface area (Å²) in [6.45, 7) is 2.29. The van der Waals surface area contributed by atoms with Gasteiger partial charge in [0.15, 0.2) is 0 Å². The van der Waals surface area contributed by atoms with E-state index in [1.165, 1.54) is 102 Å². The Morgan fingerprint density at radius 1 is 0.579 bits per heavy atom. The molecule has 1 nitrogen and oxygen atoms in total. The molecule has 0 rings (SSSR count). The van der Waals surface area contributed by atoms with Gasteiger partial charge in [-0.25, -0.2) is 0 Å². The van der Waals surface area contributed by atoms with Crippen LogP contribution in [0.4, 0.5) is 0 Å². The maximum atomic E-state index is 5.39. The number of halogens is 1. The van der Waals surface area contributed by atoms with E-state index in [0.717, 1.165) is 5.75 Å². The molecule has 0 saturated heterocycles. The van der Waals surface area contributed by atoms with E-state index in [4.69, 9.17) is 5.14 Å². The van der Waals surface area contributed by atoms with Gasteiger partial charge in [0.25, 0.3) is 0 Å². The van der Waals surface area contributed by atoms with E-state index in [0.29, 0.717) is 0 Å². The average Bonchev–Trinajstić information content (AvgIpc) is 2.39. The summed E-state index contributed by atoms with van der Waals surface area (Å²) in [5.74, 6) is 1.14. The van der Waals surface area contributed by atoms with Crippen molar-refractivity contribution < 1.29 is 0 Å². The van der Waals surface area contributed by atoms with Crippen LogP contribution in [-0.2, 0) is 0 Å². The van der Waals surface area contributed by atoms with E-state index >= 15 is 0 Å². The number of rotatable bonds is 15. The van der Waals surface area contributed by atoms with Gasteiger partial charge in [0.05, 0.1) is 0 Å². The zero-order chi connectivity index (χ0) is 13.3. The minimum absolute atomic E-state index is 0. The maximum Gasteiger partial charge on any atom is 0.00764 e. The Morgan fingerprint density at radius 3 is 1.21 bits per heavy atom. The summed E-state index contributed by atoms with van der Waals surface area (Å²) in [6, 6.07) is 0. The lowest BCUT2D eigenvalue weighted by Crippen LogP contribution is -1.86. The van der Waals surface area contributed by atoms with Crippen LogP contribution >= 0.6 is 24.4 Å². The topological polar surface area (TPSA) is 26.0 Å². The fraction of sp³-hybridized carbons (Fsp3) is 1.00. The molecule has 0 aromatic carbocycles. The monoisotopic (exact) mass is 309 g/mol. The molecular weight excluding hydrogens is 274 g/mol. The first-order valence-electron chi connectivity index (χ1n) is 8.23. The second kappa shape index (κ2) is 20.9. The lowest BCUT2D eigenvalue weighted by atomic mass is 10.0. The van der Waals surface area contributed by atoms with Crippen LogP contribution in [-0.4, -0.2) is 5.75 Å². The van der Waals surface area contributed by atoms with Gasteiger partial charge in [-0.15, -0.1) is 12.4 Å². The zero-order valence-corrected chi connectivity index (χ0v) is 14.6. The van der Waals surface area contributed by atoms with E-state index in [9.17, 15) is 0 Å². The summed E-state index contributed by atoms with van der Waals surface area (Å²) in [6.07, 6.45) is 20.0. The van der Waals surface area contributed by atoms with E-state index < -0.39 is 0 Å². The molecule has 0 spiro atoms. The standard InChI is InChI=1S/C16H35NS.ClH/c1-2-3-4-5-6-7-8-9-10-11-12-13-14-15-16-18-17;/h2-17H2,1H3;1H. The van der Waals surface area contributed by atoms with Gasteiger partial charge in [-0.3, -0.25) is 5.14 Å². The van der Waals surface area contributed by atoms with Crippen LogP contribution in [0.2, 0.25) is 0 Å². The van der Waals surface area contributed by atoms with Crippen molar-refractivity contribution in [2.75, 3.05) is 5.75 Å². The minimum Gasteiger partial charge on any atom is -0.278 e. The smallest absolute Gasteiger partial charge is 0.00764 e. The van der Waals surface area contributed by atoms with Crippen molar-refractivity contribution in [3.05, 3.63) is 0 Å². The molecule has 19 heavy (non-hydrogen) atoms. The first-order chi connectivity index (χ1) is 8.91. The van der Waals surface area contributed by atoms with Gasteiger partial charge >= 0.3 is 0 Å². The summed E-state index contributed by atoms with van der Waals surface area (Å²) < 4.78 is 0. The minimum atomic E-state index is 0. The van der Waals surface area contributed by atoms with Crippen molar-refractivity contribution in [1.29, 1.82) is 0 Å². The summed E-state index contributed by atoms with van der Waals surface area (Å²) in [5, 5.41) is 5.39. The number of nitrogens with two attached hydrogens (primary N) is 1. The Morgan fingerprint density at radius 2 is 0.895 bits per heavy atom. The molecule has 0 bridgehead atoms. The highest BCUT2D eigenvalue weighted by Crippen LogP contribution is 2.13. The first-order valence-corrected chi connectivity index (χ1v) is 9.28. The van der Waals surface area contributed by atoms with Crippen molar-refractivity contribution in [3.8, 4) is 0 Å². The molecule has 0 saturated carbocycles. The third-order valence-electron chi connectivity index (χ3n) is 3.62. The molecule has 0 unspecified atom stereocenters. The SMILES string of the molecule is CCCCCCCCCCCCCCCCSN.Cl. The molecule has 0 aromatic rings. The van der Waals surface area contributed by atoms with Gasteiger partial charge in [0, 0.05) is 5.75 Å². The Hall–Kier alpha value is 0.600. The maximum absolute atomic E-state index is 5.39. The molecule has 0 heterocycles. The van der Waals surface area contributed by atoms with Gasteiger partial charge in [0.1, 0.15) is 0 Å². The van der Waals surface area contributed by atoms with Gasteiger partial charge in [-0.1, -0.05) is 102 Å². The van der Waals surface area contributed by atoms with Crippen LogP contribution in [0.15, 0.2) is 0 Å². The van der Waals surface area contributed by atoms with Crippen molar-refractivity contribution in [1.82, 2.24) is 0 Å². The van der Waals surface area contributed by atoms with Crippen LogP contribution in [0.25, 0.3) is 0 Å². The zero-order valence-electron chi connectivity index (χ0n) is 13.0. The molecule has 0 aliphatic heterocycles. The quantitative estimate of drug-likeness (QED) is 0.276. The molecule has 3 heteroatoms. The molecule has 0 aliphatic carbocycles. The Kier molecular flexibility index (Phi) is 24.1. The van der Waals surface area contributed by atoms with Crippen molar-refractivity contribution in [3.63, 3.8) is 0 Å². The summed E-state index contributed by atoms with van der Waals surface area (Å²) in [5.41, 5.74) is 0. The molecule has 0 fully saturated rings. The largest absolute Gasteiger partial charge is 0.278 e. The van der Waals surface area contributed by atoms with Crippen LogP contribution in [0.1, 0.15) is 96.8 Å². The van der Waals surface area contributed by atoms with Crippen molar-refractivity contribution >= 4 is 24.4 Å². The molecular formula is C16H36ClNS. The predicted octanol–water partition coefficient (Wildman–Crippen LogP) is 6.50. The number of hydrogen-bond donors (Lipinski definition) is 1. The fourth-order valence-corrected chi connectivity index (χ4v) is 2.75. The van der Waals surface area contributed by atoms with E-state index in [2.05, 4.69) is 6.92 Å². The Bertz CT molecular complexity index is 129.